The molecule has 0 radical (unpaired) electrons. The van der Waals surface area contributed by atoms with Gasteiger partial charge >= 0.3 is 0 Å². The second kappa shape index (κ2) is 10.7. The third kappa shape index (κ3) is 6.14. The third-order valence-corrected chi connectivity index (χ3v) is 6.44. The monoisotopic (exact) mass is 465 g/mol. The van der Waals surface area contributed by atoms with Crippen LogP contribution >= 0.6 is 24.0 Å². The maximum atomic E-state index is 5.55. The van der Waals surface area contributed by atoms with Crippen LogP contribution in [0.25, 0.3) is 0 Å². The zero-order chi connectivity index (χ0) is 22.3. The molecule has 0 aliphatic carbocycles. The summed E-state index contributed by atoms with van der Waals surface area (Å²) < 4.78 is 0. The van der Waals surface area contributed by atoms with E-state index in [9.17, 15) is 0 Å². The van der Waals surface area contributed by atoms with Gasteiger partial charge in [-0.25, -0.2) is 15.0 Å². The van der Waals surface area contributed by atoms with Crippen molar-refractivity contribution in [3.05, 3.63) is 60.4 Å². The van der Waals surface area contributed by atoms with Crippen LogP contribution in [0.15, 0.2) is 65.0 Å². The predicted octanol–water partition coefficient (Wildman–Crippen LogP) is 4.70. The van der Waals surface area contributed by atoms with Crippen molar-refractivity contribution in [2.24, 2.45) is 5.92 Å². The van der Waals surface area contributed by atoms with Crippen molar-refractivity contribution in [2.75, 3.05) is 23.3 Å². The van der Waals surface area contributed by atoms with Gasteiger partial charge in [-0.05, 0) is 61.3 Å². The summed E-state index contributed by atoms with van der Waals surface area (Å²) in [7, 11) is 0. The first-order valence-electron chi connectivity index (χ1n) is 10.8. The molecule has 0 saturated carbocycles. The lowest BCUT2D eigenvalue weighted by Gasteiger charge is -2.31. The van der Waals surface area contributed by atoms with Gasteiger partial charge in [-0.3, -0.25) is 0 Å². The van der Waals surface area contributed by atoms with Gasteiger partial charge in [0.1, 0.15) is 10.8 Å². The Kier molecular flexibility index (Phi) is 7.49. The molecule has 1 saturated heterocycles. The largest absolute Gasteiger partial charge is 0.356 e. The highest BCUT2D eigenvalue weighted by Gasteiger charge is 2.19. The van der Waals surface area contributed by atoms with Crippen LogP contribution < -0.4 is 15.5 Å². The number of nitrogens with zero attached hydrogens (tertiary/aromatic N) is 5. The standard InChI is InChI=1S/C23H27N7S2/c1-16-9-13-30(14-10-16)19-15-20(32-23-24-11-6-12-25-23)28-21(27-19)29-22(31)26-17(2)18-7-4-3-5-8-18/h3-8,11-12,15-17H,9-10,13-14H2,1-2H3,(H2,26,27,28,29,31)/t17-/m0/s1. The van der Waals surface area contributed by atoms with E-state index in [1.54, 1.807) is 18.5 Å². The highest BCUT2D eigenvalue weighted by atomic mass is 32.2. The summed E-state index contributed by atoms with van der Waals surface area (Å²) in [5.41, 5.74) is 1.16. The number of anilines is 2. The topological polar surface area (TPSA) is 78.9 Å². The zero-order valence-corrected chi connectivity index (χ0v) is 19.9. The summed E-state index contributed by atoms with van der Waals surface area (Å²) in [5.74, 6) is 2.11. The molecule has 9 heteroatoms. The van der Waals surface area contributed by atoms with Gasteiger partial charge in [0.25, 0.3) is 0 Å². The highest BCUT2D eigenvalue weighted by molar-refractivity contribution is 7.99. The van der Waals surface area contributed by atoms with Crippen LogP contribution in [0.4, 0.5) is 11.8 Å². The Hall–Kier alpha value is -2.78. The van der Waals surface area contributed by atoms with Crippen LogP contribution in [-0.2, 0) is 0 Å². The van der Waals surface area contributed by atoms with Crippen LogP contribution in [0.1, 0.15) is 38.3 Å². The average molecular weight is 466 g/mol. The molecule has 1 aromatic carbocycles. The fourth-order valence-corrected chi connectivity index (χ4v) is 4.49. The first-order valence-corrected chi connectivity index (χ1v) is 12.0. The van der Waals surface area contributed by atoms with E-state index in [1.807, 2.05) is 24.3 Å². The maximum Gasteiger partial charge on any atom is 0.232 e. The Balaban J connectivity index is 1.52. The third-order valence-electron chi connectivity index (χ3n) is 5.41. The predicted molar refractivity (Wildman–Crippen MR) is 133 cm³/mol. The van der Waals surface area contributed by atoms with E-state index in [2.05, 4.69) is 56.5 Å². The van der Waals surface area contributed by atoms with Gasteiger partial charge in [0.05, 0.1) is 6.04 Å². The van der Waals surface area contributed by atoms with E-state index in [0.29, 0.717) is 16.2 Å². The summed E-state index contributed by atoms with van der Waals surface area (Å²) in [5, 5.41) is 8.40. The van der Waals surface area contributed by atoms with E-state index in [0.717, 1.165) is 48.3 Å². The summed E-state index contributed by atoms with van der Waals surface area (Å²) in [6.07, 6.45) is 5.77. The molecule has 2 aromatic heterocycles. The Bertz CT molecular complexity index is 1030. The van der Waals surface area contributed by atoms with Crippen LogP contribution in [0.3, 0.4) is 0 Å². The molecule has 7 nitrogen and oxygen atoms in total. The van der Waals surface area contributed by atoms with Crippen molar-refractivity contribution < 1.29 is 0 Å². The molecule has 1 aliphatic heterocycles. The Morgan fingerprint density at radius 1 is 1.09 bits per heavy atom. The van der Waals surface area contributed by atoms with Crippen molar-refractivity contribution in [1.82, 2.24) is 25.3 Å². The molecule has 1 fully saturated rings. The molecule has 0 unspecified atom stereocenters. The highest BCUT2D eigenvalue weighted by Crippen LogP contribution is 2.29. The molecule has 166 valence electrons. The average Bonchev–Trinajstić information content (AvgIpc) is 2.80. The van der Waals surface area contributed by atoms with E-state index in [1.165, 1.54) is 11.8 Å². The number of hydrogen-bond acceptors (Lipinski definition) is 7. The molecule has 2 N–H and O–H groups in total. The number of hydrogen-bond donors (Lipinski definition) is 2. The number of nitrogens with one attached hydrogen (secondary N) is 2. The second-order valence-corrected chi connectivity index (χ2v) is 9.32. The Morgan fingerprint density at radius 2 is 1.81 bits per heavy atom. The second-order valence-electron chi connectivity index (χ2n) is 7.92. The SMILES string of the molecule is CC1CCN(c2cc(Sc3ncccn3)nc(NC(=S)N[C@@H](C)c3ccccc3)n2)CC1. The van der Waals surface area contributed by atoms with Crippen LogP contribution in [-0.4, -0.2) is 38.1 Å². The summed E-state index contributed by atoms with van der Waals surface area (Å²) >= 11 is 6.97. The van der Waals surface area contributed by atoms with E-state index in [-0.39, 0.29) is 6.04 Å². The zero-order valence-electron chi connectivity index (χ0n) is 18.2. The fourth-order valence-electron chi connectivity index (χ4n) is 3.51. The van der Waals surface area contributed by atoms with Gasteiger partial charge in [-0.15, -0.1) is 0 Å². The van der Waals surface area contributed by atoms with Gasteiger partial charge in [0, 0.05) is 31.5 Å². The molecule has 32 heavy (non-hydrogen) atoms. The lowest BCUT2D eigenvalue weighted by Crippen LogP contribution is -2.34. The van der Waals surface area contributed by atoms with Gasteiger partial charge in [-0.1, -0.05) is 37.3 Å². The fraction of sp³-hybridized carbons (Fsp3) is 0.348. The lowest BCUT2D eigenvalue weighted by molar-refractivity contribution is 0.436. The summed E-state index contributed by atoms with van der Waals surface area (Å²) in [6.45, 7) is 6.34. The van der Waals surface area contributed by atoms with Crippen molar-refractivity contribution in [3.63, 3.8) is 0 Å². The first-order chi connectivity index (χ1) is 15.6. The molecular formula is C23H27N7S2. The normalized spacial score (nSPS) is 15.2. The molecule has 0 bridgehead atoms. The van der Waals surface area contributed by atoms with E-state index < -0.39 is 0 Å². The van der Waals surface area contributed by atoms with Crippen LogP contribution in [0, 0.1) is 5.92 Å². The van der Waals surface area contributed by atoms with Crippen LogP contribution in [0.5, 0.6) is 0 Å². The molecule has 0 spiro atoms. The lowest BCUT2D eigenvalue weighted by atomic mass is 9.99. The smallest absolute Gasteiger partial charge is 0.232 e. The minimum Gasteiger partial charge on any atom is -0.356 e. The molecule has 0 amide bonds. The number of piperidine rings is 1. The van der Waals surface area contributed by atoms with Crippen molar-refractivity contribution in [2.45, 2.75) is 42.9 Å². The molecule has 3 heterocycles. The summed E-state index contributed by atoms with van der Waals surface area (Å²) in [6, 6.07) is 14.1. The van der Waals surface area contributed by atoms with Crippen molar-refractivity contribution >= 4 is 40.9 Å². The van der Waals surface area contributed by atoms with Crippen molar-refractivity contribution in [1.29, 1.82) is 0 Å². The van der Waals surface area contributed by atoms with E-state index >= 15 is 0 Å². The molecule has 1 atom stereocenters. The molecule has 4 rings (SSSR count). The van der Waals surface area contributed by atoms with Crippen LogP contribution in [0.2, 0.25) is 0 Å². The van der Waals surface area contributed by atoms with E-state index in [4.69, 9.17) is 17.2 Å². The minimum atomic E-state index is 0.0644. The van der Waals surface area contributed by atoms with Gasteiger partial charge in [0.2, 0.25) is 5.95 Å². The molecule has 3 aromatic rings. The Labute approximate surface area is 198 Å². The minimum absolute atomic E-state index is 0.0644. The van der Waals surface area contributed by atoms with Gasteiger partial charge in [0.15, 0.2) is 10.3 Å². The molecular weight excluding hydrogens is 438 g/mol. The number of rotatable bonds is 6. The summed E-state index contributed by atoms with van der Waals surface area (Å²) in [4.78, 5) is 20.4. The first kappa shape index (κ1) is 22.4. The quantitative estimate of drug-likeness (QED) is 0.306. The van der Waals surface area contributed by atoms with Crippen molar-refractivity contribution in [3.8, 4) is 0 Å². The number of benzene rings is 1. The molecule has 1 aliphatic rings. The maximum absolute atomic E-state index is 5.55. The Morgan fingerprint density at radius 3 is 2.53 bits per heavy atom. The number of thiocarbonyl (C=S) groups is 1. The number of aromatic nitrogens is 4. The van der Waals surface area contributed by atoms with Gasteiger partial charge in [-0.2, -0.15) is 4.98 Å². The van der Waals surface area contributed by atoms with Gasteiger partial charge < -0.3 is 15.5 Å².